The fourth-order valence-electron chi connectivity index (χ4n) is 2.42. The highest BCUT2D eigenvalue weighted by Crippen LogP contribution is 2.27. The van der Waals surface area contributed by atoms with Crippen LogP contribution in [-0.2, 0) is 4.79 Å². The summed E-state index contributed by atoms with van der Waals surface area (Å²) in [6.07, 6.45) is 0.408. The molecule has 0 aliphatic heterocycles. The van der Waals surface area contributed by atoms with Gasteiger partial charge < -0.3 is 10.6 Å². The second-order valence-electron chi connectivity index (χ2n) is 5.79. The Kier molecular flexibility index (Phi) is 5.05. The highest BCUT2D eigenvalue weighted by molar-refractivity contribution is 7.13. The molecule has 2 heterocycles. The zero-order valence-electron chi connectivity index (χ0n) is 13.7. The van der Waals surface area contributed by atoms with Crippen LogP contribution in [0, 0.1) is 0 Å². The van der Waals surface area contributed by atoms with Crippen molar-refractivity contribution >= 4 is 34.0 Å². The number of nitrogens with zero attached hydrogens (tertiary/aromatic N) is 2. The van der Waals surface area contributed by atoms with Crippen molar-refractivity contribution in [3.63, 3.8) is 0 Å². The molecule has 2 aromatic heterocycles. The Bertz CT molecular complexity index is 830. The normalized spacial score (nSPS) is 11.0. The van der Waals surface area contributed by atoms with E-state index < -0.39 is 0 Å². The van der Waals surface area contributed by atoms with Gasteiger partial charge in [0, 0.05) is 24.4 Å². The Morgan fingerprint density at radius 2 is 2.00 bits per heavy atom. The van der Waals surface area contributed by atoms with Crippen molar-refractivity contribution in [1.29, 1.82) is 0 Å². The lowest BCUT2D eigenvalue weighted by atomic mass is 10.2. The average Bonchev–Trinajstić information content (AvgIpc) is 3.08. The quantitative estimate of drug-likeness (QED) is 0.718. The summed E-state index contributed by atoms with van der Waals surface area (Å²) in [6, 6.07) is 12.1. The third-order valence-corrected chi connectivity index (χ3v) is 4.30. The predicted molar refractivity (Wildman–Crippen MR) is 99.2 cm³/mol. The summed E-state index contributed by atoms with van der Waals surface area (Å²) in [5.74, 6) is 1.51. The molecule has 2 N–H and O–H groups in total. The molecule has 5 nitrogen and oxygen atoms in total. The summed E-state index contributed by atoms with van der Waals surface area (Å²) >= 11 is 1.61. The van der Waals surface area contributed by atoms with Crippen LogP contribution in [0.2, 0.25) is 0 Å². The van der Waals surface area contributed by atoms with Crippen LogP contribution in [0.5, 0.6) is 0 Å². The van der Waals surface area contributed by atoms with E-state index in [-0.39, 0.29) is 11.9 Å². The van der Waals surface area contributed by atoms with E-state index in [0.717, 1.165) is 21.6 Å². The number of nitrogens with one attached hydrogen (secondary N) is 2. The van der Waals surface area contributed by atoms with Gasteiger partial charge in [0.1, 0.15) is 5.82 Å². The lowest BCUT2D eigenvalue weighted by molar-refractivity contribution is -0.121. The van der Waals surface area contributed by atoms with Crippen LogP contribution in [0.4, 0.5) is 5.82 Å². The molecule has 24 heavy (non-hydrogen) atoms. The van der Waals surface area contributed by atoms with E-state index in [2.05, 4.69) is 20.6 Å². The number of benzene rings is 1. The molecule has 6 heteroatoms. The van der Waals surface area contributed by atoms with Gasteiger partial charge in [-0.3, -0.25) is 4.79 Å². The lowest BCUT2D eigenvalue weighted by Crippen LogP contribution is -2.31. The average molecular weight is 340 g/mol. The molecule has 0 spiro atoms. The number of rotatable bonds is 6. The Labute approximate surface area is 145 Å². The summed E-state index contributed by atoms with van der Waals surface area (Å²) in [4.78, 5) is 22.1. The molecular weight excluding hydrogens is 320 g/mol. The Morgan fingerprint density at radius 1 is 1.17 bits per heavy atom. The minimum Gasteiger partial charge on any atom is -0.369 e. The Balaban J connectivity index is 1.82. The third-order valence-electron chi connectivity index (χ3n) is 3.44. The Morgan fingerprint density at radius 3 is 2.75 bits per heavy atom. The maximum absolute atomic E-state index is 11.8. The summed E-state index contributed by atoms with van der Waals surface area (Å²) in [5, 5.41) is 9.15. The molecule has 0 aliphatic rings. The molecule has 124 valence electrons. The van der Waals surface area contributed by atoms with Gasteiger partial charge in [-0.1, -0.05) is 18.2 Å². The van der Waals surface area contributed by atoms with E-state index in [1.165, 1.54) is 0 Å². The molecule has 3 aromatic rings. The maximum atomic E-state index is 11.8. The standard InChI is InChI=1S/C18H20N4OS/c1-12(2)20-16(23)9-10-19-17-13-6-3-4-7-14(13)21-18(22-17)15-8-5-11-24-15/h3-8,11-12H,9-10H2,1-2H3,(H,20,23)(H,19,21,22). The molecule has 1 aromatic carbocycles. The summed E-state index contributed by atoms with van der Waals surface area (Å²) in [7, 11) is 0. The van der Waals surface area contributed by atoms with Gasteiger partial charge in [0.05, 0.1) is 10.4 Å². The number of aromatic nitrogens is 2. The van der Waals surface area contributed by atoms with Crippen molar-refractivity contribution in [3.8, 4) is 10.7 Å². The van der Waals surface area contributed by atoms with Crippen molar-refractivity contribution < 1.29 is 4.79 Å². The van der Waals surface area contributed by atoms with Gasteiger partial charge >= 0.3 is 0 Å². The van der Waals surface area contributed by atoms with E-state index in [0.29, 0.717) is 18.8 Å². The van der Waals surface area contributed by atoms with Gasteiger partial charge in [-0.25, -0.2) is 9.97 Å². The molecule has 0 saturated carbocycles. The minimum atomic E-state index is 0.0364. The molecule has 0 saturated heterocycles. The molecule has 0 fully saturated rings. The first-order valence-electron chi connectivity index (χ1n) is 7.97. The van der Waals surface area contributed by atoms with Crippen molar-refractivity contribution in [1.82, 2.24) is 15.3 Å². The molecule has 0 radical (unpaired) electrons. The van der Waals surface area contributed by atoms with E-state index in [1.807, 2.05) is 55.6 Å². The maximum Gasteiger partial charge on any atom is 0.221 e. The summed E-state index contributed by atoms with van der Waals surface area (Å²) < 4.78 is 0. The molecule has 3 rings (SSSR count). The summed E-state index contributed by atoms with van der Waals surface area (Å²) in [6.45, 7) is 4.44. The number of para-hydroxylation sites is 1. The van der Waals surface area contributed by atoms with Crippen LogP contribution in [-0.4, -0.2) is 28.5 Å². The van der Waals surface area contributed by atoms with Crippen molar-refractivity contribution in [3.05, 3.63) is 41.8 Å². The minimum absolute atomic E-state index is 0.0364. The van der Waals surface area contributed by atoms with E-state index in [9.17, 15) is 4.79 Å². The number of carbonyl (C=O) groups excluding carboxylic acids is 1. The number of anilines is 1. The SMILES string of the molecule is CC(C)NC(=O)CCNc1nc(-c2cccs2)nc2ccccc12. The fraction of sp³-hybridized carbons (Fsp3) is 0.278. The largest absolute Gasteiger partial charge is 0.369 e. The first-order valence-corrected chi connectivity index (χ1v) is 8.85. The third kappa shape index (κ3) is 3.89. The molecule has 0 atom stereocenters. The topological polar surface area (TPSA) is 66.9 Å². The number of amides is 1. The van der Waals surface area contributed by atoms with Crippen LogP contribution in [0.25, 0.3) is 21.6 Å². The predicted octanol–water partition coefficient (Wildman–Crippen LogP) is 3.68. The number of hydrogen-bond donors (Lipinski definition) is 2. The fourth-order valence-corrected chi connectivity index (χ4v) is 3.07. The molecular formula is C18H20N4OS. The number of carbonyl (C=O) groups is 1. The van der Waals surface area contributed by atoms with E-state index >= 15 is 0 Å². The summed E-state index contributed by atoms with van der Waals surface area (Å²) in [5.41, 5.74) is 0.894. The van der Waals surface area contributed by atoms with Crippen LogP contribution < -0.4 is 10.6 Å². The number of fused-ring (bicyclic) bond motifs is 1. The van der Waals surface area contributed by atoms with Gasteiger partial charge in [0.15, 0.2) is 5.82 Å². The first kappa shape index (κ1) is 16.4. The number of hydrogen-bond acceptors (Lipinski definition) is 5. The number of thiophene rings is 1. The highest BCUT2D eigenvalue weighted by atomic mass is 32.1. The Hall–Kier alpha value is -2.47. The second-order valence-corrected chi connectivity index (χ2v) is 6.74. The van der Waals surface area contributed by atoms with Gasteiger partial charge in [-0.2, -0.15) is 0 Å². The molecule has 0 unspecified atom stereocenters. The first-order chi connectivity index (χ1) is 11.6. The van der Waals surface area contributed by atoms with Crippen molar-refractivity contribution in [2.24, 2.45) is 0 Å². The van der Waals surface area contributed by atoms with E-state index in [4.69, 9.17) is 0 Å². The van der Waals surface area contributed by atoms with Crippen molar-refractivity contribution in [2.75, 3.05) is 11.9 Å². The molecule has 0 aliphatic carbocycles. The van der Waals surface area contributed by atoms with E-state index in [1.54, 1.807) is 11.3 Å². The lowest BCUT2D eigenvalue weighted by Gasteiger charge is -2.11. The van der Waals surface area contributed by atoms with Crippen LogP contribution in [0.3, 0.4) is 0 Å². The molecule has 0 bridgehead atoms. The van der Waals surface area contributed by atoms with Crippen molar-refractivity contribution in [2.45, 2.75) is 26.3 Å². The second kappa shape index (κ2) is 7.40. The van der Waals surface area contributed by atoms with Gasteiger partial charge in [0.25, 0.3) is 0 Å². The van der Waals surface area contributed by atoms with Gasteiger partial charge in [-0.05, 0) is 37.4 Å². The van der Waals surface area contributed by atoms with Crippen LogP contribution in [0.15, 0.2) is 41.8 Å². The molecule has 1 amide bonds. The monoisotopic (exact) mass is 340 g/mol. The van der Waals surface area contributed by atoms with Crippen LogP contribution in [0.1, 0.15) is 20.3 Å². The van der Waals surface area contributed by atoms with Gasteiger partial charge in [0.2, 0.25) is 5.91 Å². The van der Waals surface area contributed by atoms with Crippen LogP contribution >= 0.6 is 11.3 Å². The highest BCUT2D eigenvalue weighted by Gasteiger charge is 2.10. The zero-order valence-corrected chi connectivity index (χ0v) is 14.6. The van der Waals surface area contributed by atoms with Gasteiger partial charge in [-0.15, -0.1) is 11.3 Å². The smallest absolute Gasteiger partial charge is 0.221 e. The zero-order chi connectivity index (χ0) is 16.9.